The number of nitrogens with zero attached hydrogens (tertiary/aromatic N) is 2. The van der Waals surface area contributed by atoms with Crippen LogP contribution in [0.2, 0.25) is 5.15 Å². The summed E-state index contributed by atoms with van der Waals surface area (Å²) in [6, 6.07) is 8.81. The van der Waals surface area contributed by atoms with E-state index >= 15 is 0 Å². The number of aromatic nitrogens is 2. The Morgan fingerprint density at radius 3 is 2.17 bits per heavy atom. The van der Waals surface area contributed by atoms with Crippen LogP contribution in [0.1, 0.15) is 27.4 Å². The highest BCUT2D eigenvalue weighted by molar-refractivity contribution is 7.54. The normalized spacial score (nSPS) is 12.7. The minimum Gasteiger partial charge on any atom is -0.382 e. The third-order valence-electron chi connectivity index (χ3n) is 4.20. The molecule has 1 heterocycles. The van der Waals surface area contributed by atoms with Crippen molar-refractivity contribution in [3.05, 3.63) is 52.3 Å². The van der Waals surface area contributed by atoms with E-state index in [0.29, 0.717) is 11.3 Å². The number of amides is 1. The molecule has 0 bridgehead atoms. The summed E-state index contributed by atoms with van der Waals surface area (Å²) in [4.78, 5) is 13.1. The van der Waals surface area contributed by atoms with Crippen molar-refractivity contribution in [3.8, 4) is 0 Å². The van der Waals surface area contributed by atoms with Gasteiger partial charge in [-0.3, -0.25) is 14.0 Å². The fourth-order valence-corrected chi connectivity index (χ4v) is 4.85. The number of benzene rings is 1. The molecular weight excluding hydrogens is 433 g/mol. The van der Waals surface area contributed by atoms with E-state index in [4.69, 9.17) is 30.1 Å². The molecule has 2 aromatic rings. The van der Waals surface area contributed by atoms with E-state index in [-0.39, 0.29) is 37.1 Å². The number of carbonyl (C=O) groups is 1. The second-order valence-electron chi connectivity index (χ2n) is 6.35. The Balaban J connectivity index is 2.40. The molecule has 30 heavy (non-hydrogen) atoms. The van der Waals surface area contributed by atoms with Crippen LogP contribution in [0, 0.1) is 6.92 Å². The van der Waals surface area contributed by atoms with E-state index in [1.165, 1.54) is 18.9 Å². The fraction of sp³-hybridized carbons (Fsp3) is 0.474. The van der Waals surface area contributed by atoms with Gasteiger partial charge < -0.3 is 23.8 Å². The molecule has 1 N–H and O–H groups in total. The summed E-state index contributed by atoms with van der Waals surface area (Å²) >= 11 is 6.23. The van der Waals surface area contributed by atoms with Crippen LogP contribution in [-0.2, 0) is 30.1 Å². The lowest BCUT2D eigenvalue weighted by molar-refractivity contribution is 0.0901. The molecule has 2 rings (SSSR count). The van der Waals surface area contributed by atoms with E-state index in [9.17, 15) is 9.36 Å². The Labute approximate surface area is 181 Å². The molecule has 166 valence electrons. The molecule has 0 fully saturated rings. The molecule has 0 aliphatic rings. The van der Waals surface area contributed by atoms with Gasteiger partial charge in [0, 0.05) is 21.3 Å². The predicted molar refractivity (Wildman–Crippen MR) is 113 cm³/mol. The van der Waals surface area contributed by atoms with Crippen molar-refractivity contribution in [2.24, 2.45) is 7.05 Å². The van der Waals surface area contributed by atoms with Gasteiger partial charge in [-0.2, -0.15) is 5.10 Å². The number of nitrogens with one attached hydrogen (secondary N) is 1. The number of hydrogen-bond acceptors (Lipinski definition) is 7. The average molecular weight is 460 g/mol. The highest BCUT2D eigenvalue weighted by Crippen LogP contribution is 2.59. The Hall–Kier alpha value is -1.74. The highest BCUT2D eigenvalue weighted by Gasteiger charge is 2.39. The zero-order valence-electron chi connectivity index (χ0n) is 17.5. The largest absolute Gasteiger partial charge is 0.382 e. The second-order valence-corrected chi connectivity index (χ2v) is 8.82. The molecule has 11 heteroatoms. The lowest BCUT2D eigenvalue weighted by Gasteiger charge is -2.28. The number of hydrogen-bond donors (Lipinski definition) is 1. The molecule has 1 amide bonds. The van der Waals surface area contributed by atoms with Gasteiger partial charge in [0.15, 0.2) is 5.78 Å². The van der Waals surface area contributed by atoms with Gasteiger partial charge in [-0.15, -0.1) is 0 Å². The summed E-state index contributed by atoms with van der Waals surface area (Å²) in [6.07, 6.45) is 0. The first-order chi connectivity index (χ1) is 14.3. The van der Waals surface area contributed by atoms with Crippen LogP contribution in [-0.4, -0.2) is 56.3 Å². The van der Waals surface area contributed by atoms with Gasteiger partial charge in [-0.05, 0) is 12.5 Å². The molecule has 0 aliphatic carbocycles. The first kappa shape index (κ1) is 24.5. The summed E-state index contributed by atoms with van der Waals surface area (Å²) in [6.45, 7) is 2.13. The third-order valence-corrected chi connectivity index (χ3v) is 6.77. The van der Waals surface area contributed by atoms with E-state index in [0.717, 1.165) is 0 Å². The lowest BCUT2D eigenvalue weighted by atomic mass is 10.2. The summed E-state index contributed by atoms with van der Waals surface area (Å²) in [5.74, 6) is -1.61. The van der Waals surface area contributed by atoms with Gasteiger partial charge in [0.1, 0.15) is 5.15 Å². The number of rotatable bonds is 12. The van der Waals surface area contributed by atoms with Gasteiger partial charge in [0.2, 0.25) is 0 Å². The first-order valence-corrected chi connectivity index (χ1v) is 11.2. The SMILES string of the molecule is COCCOP(=O)(OCCOC)C(NC(=O)c1c(C)nn(C)c1Cl)c1ccccc1. The minimum absolute atomic E-state index is 0.0205. The van der Waals surface area contributed by atoms with E-state index in [1.54, 1.807) is 38.2 Å². The average Bonchev–Trinajstić information content (AvgIpc) is 2.98. The molecular formula is C19H27ClN3O6P. The minimum atomic E-state index is -3.87. The maximum Gasteiger partial charge on any atom is 0.357 e. The summed E-state index contributed by atoms with van der Waals surface area (Å²) < 4.78 is 36.4. The predicted octanol–water partition coefficient (Wildman–Crippen LogP) is 3.33. The zero-order valence-corrected chi connectivity index (χ0v) is 19.1. The summed E-state index contributed by atoms with van der Waals surface area (Å²) in [7, 11) is 0.769. The molecule has 1 unspecified atom stereocenters. The van der Waals surface area contributed by atoms with Crippen molar-refractivity contribution in [2.75, 3.05) is 40.6 Å². The first-order valence-electron chi connectivity index (χ1n) is 9.25. The quantitative estimate of drug-likeness (QED) is 0.383. The monoisotopic (exact) mass is 459 g/mol. The number of halogens is 1. The summed E-state index contributed by atoms with van der Waals surface area (Å²) in [5, 5.41) is 7.10. The molecule has 1 atom stereocenters. The second kappa shape index (κ2) is 11.6. The standard InChI is InChI=1S/C19H27ClN3O6P/c1-14-16(17(20)23(2)22-14)18(24)21-19(15-8-6-5-7-9-15)30(25,28-12-10-26-3)29-13-11-27-4/h5-9,19H,10-13H2,1-4H3,(H,21,24). The molecule has 0 saturated heterocycles. The zero-order chi connectivity index (χ0) is 22.1. The molecule has 0 aliphatic heterocycles. The van der Waals surface area contributed by atoms with E-state index in [1.807, 2.05) is 6.07 Å². The van der Waals surface area contributed by atoms with Crippen molar-refractivity contribution in [2.45, 2.75) is 12.7 Å². The Morgan fingerprint density at radius 2 is 1.70 bits per heavy atom. The third kappa shape index (κ3) is 6.14. The van der Waals surface area contributed by atoms with Crippen molar-refractivity contribution >= 4 is 25.1 Å². The van der Waals surface area contributed by atoms with Crippen LogP contribution >= 0.6 is 19.2 Å². The lowest BCUT2D eigenvalue weighted by Crippen LogP contribution is -2.30. The van der Waals surface area contributed by atoms with E-state index < -0.39 is 19.3 Å². The van der Waals surface area contributed by atoms with Crippen LogP contribution in [0.15, 0.2) is 30.3 Å². The van der Waals surface area contributed by atoms with Gasteiger partial charge in [0.05, 0.1) is 37.7 Å². The number of ether oxygens (including phenoxy) is 2. The van der Waals surface area contributed by atoms with Crippen molar-refractivity contribution in [3.63, 3.8) is 0 Å². The Morgan fingerprint density at radius 1 is 1.13 bits per heavy atom. The maximum atomic E-state index is 13.8. The van der Waals surface area contributed by atoms with Gasteiger partial charge >= 0.3 is 7.60 Å². The molecule has 1 aromatic carbocycles. The van der Waals surface area contributed by atoms with Crippen LogP contribution in [0.3, 0.4) is 0 Å². The maximum absolute atomic E-state index is 13.8. The molecule has 1 aromatic heterocycles. The van der Waals surface area contributed by atoms with Crippen LogP contribution in [0.25, 0.3) is 0 Å². The van der Waals surface area contributed by atoms with Gasteiger partial charge in [0.25, 0.3) is 5.91 Å². The number of methoxy groups -OCH3 is 2. The topological polar surface area (TPSA) is 101 Å². The molecule has 0 spiro atoms. The highest BCUT2D eigenvalue weighted by atomic mass is 35.5. The van der Waals surface area contributed by atoms with Crippen molar-refractivity contribution in [1.29, 1.82) is 0 Å². The number of carbonyl (C=O) groups excluding carboxylic acids is 1. The fourth-order valence-electron chi connectivity index (χ4n) is 2.75. The molecule has 0 radical (unpaired) electrons. The van der Waals surface area contributed by atoms with Crippen LogP contribution < -0.4 is 5.32 Å². The van der Waals surface area contributed by atoms with Crippen LogP contribution in [0.4, 0.5) is 0 Å². The van der Waals surface area contributed by atoms with E-state index in [2.05, 4.69) is 10.4 Å². The smallest absolute Gasteiger partial charge is 0.357 e. The van der Waals surface area contributed by atoms with Gasteiger partial charge in [-0.25, -0.2) is 0 Å². The van der Waals surface area contributed by atoms with Crippen molar-refractivity contribution < 1.29 is 27.9 Å². The molecule has 9 nitrogen and oxygen atoms in total. The summed E-state index contributed by atoms with van der Waals surface area (Å²) in [5.41, 5.74) is 1.20. The van der Waals surface area contributed by atoms with Crippen molar-refractivity contribution in [1.82, 2.24) is 15.1 Å². The van der Waals surface area contributed by atoms with Gasteiger partial charge in [-0.1, -0.05) is 41.9 Å². The van der Waals surface area contributed by atoms with Crippen LogP contribution in [0.5, 0.6) is 0 Å². The number of aryl methyl sites for hydroxylation is 2. The molecule has 0 saturated carbocycles. The Bertz CT molecular complexity index is 863. The Kier molecular flexibility index (Phi) is 9.48.